The van der Waals surface area contributed by atoms with Crippen LogP contribution in [0.3, 0.4) is 0 Å². The summed E-state index contributed by atoms with van der Waals surface area (Å²) in [7, 11) is 0. The van der Waals surface area contributed by atoms with Crippen LogP contribution in [0.25, 0.3) is 0 Å². The minimum atomic E-state index is -0.0707. The molecule has 0 spiro atoms. The van der Waals surface area contributed by atoms with Crippen LogP contribution in [0.5, 0.6) is 0 Å². The van der Waals surface area contributed by atoms with Crippen LogP contribution in [0.4, 0.5) is 5.69 Å². The number of hydrogen-bond donors (Lipinski definition) is 1. The topological polar surface area (TPSA) is 56.1 Å². The second-order valence-corrected chi connectivity index (χ2v) is 5.33. The highest BCUT2D eigenvalue weighted by Crippen LogP contribution is 2.15. The lowest BCUT2D eigenvalue weighted by Crippen LogP contribution is -2.35. The van der Waals surface area contributed by atoms with Crippen LogP contribution in [0.1, 0.15) is 13.8 Å². The molecule has 0 saturated carbocycles. The first-order valence-electron chi connectivity index (χ1n) is 6.22. The summed E-state index contributed by atoms with van der Waals surface area (Å²) in [6, 6.07) is 9.65. The van der Waals surface area contributed by atoms with Gasteiger partial charge in [-0.15, -0.1) is 0 Å². The maximum atomic E-state index is 11.9. The fourth-order valence-corrected chi connectivity index (χ4v) is 2.10. The summed E-state index contributed by atoms with van der Waals surface area (Å²) in [5, 5.41) is 11.6. The van der Waals surface area contributed by atoms with Gasteiger partial charge in [0.15, 0.2) is 0 Å². The molecule has 0 aliphatic carbocycles. The second kappa shape index (κ2) is 7.93. The van der Waals surface area contributed by atoms with E-state index in [2.05, 4.69) is 27.3 Å². The molecule has 0 fully saturated rings. The standard InChI is InChI=1S/C14H18BrN3O/c1-3-18(9-11(2)8-16)10-14(19)17-13-6-4-5-12(15)7-13/h4-7,11H,3,9-10H2,1-2H3,(H,17,19). The smallest absolute Gasteiger partial charge is 0.238 e. The van der Waals surface area contributed by atoms with E-state index in [1.54, 1.807) is 0 Å². The number of carbonyl (C=O) groups excluding carboxylic acids is 1. The van der Waals surface area contributed by atoms with Crippen molar-refractivity contribution in [2.45, 2.75) is 13.8 Å². The van der Waals surface area contributed by atoms with E-state index in [0.29, 0.717) is 13.1 Å². The molecular weight excluding hydrogens is 306 g/mol. The van der Waals surface area contributed by atoms with Gasteiger partial charge in [-0.3, -0.25) is 9.69 Å². The Kier molecular flexibility index (Phi) is 6.54. The minimum absolute atomic E-state index is 0.0647. The first-order chi connectivity index (χ1) is 9.05. The monoisotopic (exact) mass is 323 g/mol. The maximum Gasteiger partial charge on any atom is 0.238 e. The summed E-state index contributed by atoms with van der Waals surface area (Å²) in [6.07, 6.45) is 0. The van der Waals surface area contributed by atoms with Crippen molar-refractivity contribution in [1.82, 2.24) is 4.90 Å². The van der Waals surface area contributed by atoms with Crippen LogP contribution in [0.15, 0.2) is 28.7 Å². The van der Waals surface area contributed by atoms with Crippen LogP contribution in [-0.4, -0.2) is 30.4 Å². The molecule has 0 aromatic heterocycles. The highest BCUT2D eigenvalue weighted by Gasteiger charge is 2.12. The molecule has 0 radical (unpaired) electrons. The summed E-state index contributed by atoms with van der Waals surface area (Å²) in [4.78, 5) is 13.9. The Balaban J connectivity index is 2.52. The molecule has 0 aliphatic rings. The zero-order valence-corrected chi connectivity index (χ0v) is 12.8. The number of nitriles is 1. The minimum Gasteiger partial charge on any atom is -0.325 e. The first kappa shape index (κ1) is 15.7. The van der Waals surface area contributed by atoms with Crippen LogP contribution >= 0.6 is 15.9 Å². The fraction of sp³-hybridized carbons (Fsp3) is 0.429. The summed E-state index contributed by atoms with van der Waals surface area (Å²) >= 11 is 3.36. The van der Waals surface area contributed by atoms with E-state index in [4.69, 9.17) is 5.26 Å². The predicted octanol–water partition coefficient (Wildman–Crippen LogP) is 2.87. The number of likely N-dealkylation sites (N-methyl/N-ethyl adjacent to an activating group) is 1. The van der Waals surface area contributed by atoms with Crippen molar-refractivity contribution in [3.63, 3.8) is 0 Å². The Hall–Kier alpha value is -1.38. The number of nitrogens with one attached hydrogen (secondary N) is 1. The Labute approximate surface area is 122 Å². The van der Waals surface area contributed by atoms with Gasteiger partial charge < -0.3 is 5.32 Å². The van der Waals surface area contributed by atoms with E-state index >= 15 is 0 Å². The fourth-order valence-electron chi connectivity index (χ4n) is 1.70. The summed E-state index contributed by atoms with van der Waals surface area (Å²) in [6.45, 7) is 5.50. The van der Waals surface area contributed by atoms with Crippen LogP contribution in [0, 0.1) is 17.2 Å². The number of anilines is 1. The van der Waals surface area contributed by atoms with Gasteiger partial charge in [0.1, 0.15) is 0 Å². The third kappa shape index (κ3) is 5.86. The van der Waals surface area contributed by atoms with E-state index in [-0.39, 0.29) is 11.8 Å². The molecule has 1 amide bonds. The molecule has 1 unspecified atom stereocenters. The molecule has 0 saturated heterocycles. The third-order valence-electron chi connectivity index (χ3n) is 2.68. The largest absolute Gasteiger partial charge is 0.325 e. The lowest BCUT2D eigenvalue weighted by atomic mass is 10.2. The van der Waals surface area contributed by atoms with Gasteiger partial charge in [-0.2, -0.15) is 5.26 Å². The highest BCUT2D eigenvalue weighted by molar-refractivity contribution is 9.10. The van der Waals surface area contributed by atoms with Crippen molar-refractivity contribution in [3.05, 3.63) is 28.7 Å². The van der Waals surface area contributed by atoms with E-state index in [1.165, 1.54) is 0 Å². The number of nitrogens with zero attached hydrogens (tertiary/aromatic N) is 2. The summed E-state index contributed by atoms with van der Waals surface area (Å²) < 4.78 is 0.927. The molecule has 5 heteroatoms. The molecular formula is C14H18BrN3O. The zero-order valence-electron chi connectivity index (χ0n) is 11.2. The Morgan fingerprint density at radius 1 is 1.58 bits per heavy atom. The number of halogens is 1. The number of rotatable bonds is 6. The quantitative estimate of drug-likeness (QED) is 0.875. The van der Waals surface area contributed by atoms with Gasteiger partial charge in [-0.25, -0.2) is 0 Å². The van der Waals surface area contributed by atoms with Gasteiger partial charge in [0, 0.05) is 16.7 Å². The Morgan fingerprint density at radius 3 is 2.89 bits per heavy atom. The number of carbonyl (C=O) groups is 1. The highest BCUT2D eigenvalue weighted by atomic mass is 79.9. The van der Waals surface area contributed by atoms with Gasteiger partial charge >= 0.3 is 0 Å². The molecule has 1 N–H and O–H groups in total. The van der Waals surface area contributed by atoms with E-state index in [9.17, 15) is 4.79 Å². The third-order valence-corrected chi connectivity index (χ3v) is 3.17. The van der Waals surface area contributed by atoms with Crippen LogP contribution < -0.4 is 5.32 Å². The lowest BCUT2D eigenvalue weighted by molar-refractivity contribution is -0.117. The summed E-state index contributed by atoms with van der Waals surface area (Å²) in [5.41, 5.74) is 0.767. The molecule has 0 bridgehead atoms. The number of benzene rings is 1. The van der Waals surface area contributed by atoms with E-state index < -0.39 is 0 Å². The van der Waals surface area contributed by atoms with Gasteiger partial charge in [0.2, 0.25) is 5.91 Å². The van der Waals surface area contributed by atoms with Crippen LogP contribution in [-0.2, 0) is 4.79 Å². The predicted molar refractivity (Wildman–Crippen MR) is 79.7 cm³/mol. The number of hydrogen-bond acceptors (Lipinski definition) is 3. The van der Waals surface area contributed by atoms with Crippen molar-refractivity contribution in [1.29, 1.82) is 5.26 Å². The molecule has 102 valence electrons. The normalized spacial score (nSPS) is 11.9. The second-order valence-electron chi connectivity index (χ2n) is 4.42. The summed E-state index contributed by atoms with van der Waals surface area (Å²) in [5.74, 6) is -0.135. The molecule has 0 aliphatic heterocycles. The Morgan fingerprint density at radius 2 is 2.32 bits per heavy atom. The number of amides is 1. The van der Waals surface area contributed by atoms with Crippen molar-refractivity contribution in [2.75, 3.05) is 25.0 Å². The van der Waals surface area contributed by atoms with Gasteiger partial charge in [0.05, 0.1) is 18.5 Å². The average Bonchev–Trinajstić information content (AvgIpc) is 2.37. The lowest BCUT2D eigenvalue weighted by Gasteiger charge is -2.20. The molecule has 1 atom stereocenters. The van der Waals surface area contributed by atoms with E-state index in [1.807, 2.05) is 43.0 Å². The van der Waals surface area contributed by atoms with Gasteiger partial charge in [-0.05, 0) is 31.7 Å². The van der Waals surface area contributed by atoms with Gasteiger partial charge in [0.25, 0.3) is 0 Å². The zero-order chi connectivity index (χ0) is 14.3. The molecule has 4 nitrogen and oxygen atoms in total. The maximum absolute atomic E-state index is 11.9. The molecule has 1 aromatic rings. The molecule has 0 heterocycles. The van der Waals surface area contributed by atoms with Crippen LogP contribution in [0.2, 0.25) is 0 Å². The first-order valence-corrected chi connectivity index (χ1v) is 7.01. The van der Waals surface area contributed by atoms with E-state index in [0.717, 1.165) is 16.7 Å². The average molecular weight is 324 g/mol. The molecule has 1 aromatic carbocycles. The van der Waals surface area contributed by atoms with Crippen molar-refractivity contribution >= 4 is 27.5 Å². The SMILES string of the molecule is CCN(CC(=O)Nc1cccc(Br)c1)CC(C)C#N. The van der Waals surface area contributed by atoms with Gasteiger partial charge in [-0.1, -0.05) is 28.9 Å². The van der Waals surface area contributed by atoms with Crippen molar-refractivity contribution < 1.29 is 4.79 Å². The van der Waals surface area contributed by atoms with Crippen molar-refractivity contribution in [2.24, 2.45) is 5.92 Å². The Bertz CT molecular complexity index is 470. The molecule has 19 heavy (non-hydrogen) atoms. The van der Waals surface area contributed by atoms with Crippen molar-refractivity contribution in [3.8, 4) is 6.07 Å². The molecule has 1 rings (SSSR count).